The minimum Gasteiger partial charge on any atom is -0.382 e. The number of nitrogens with one attached hydrogen (secondary N) is 1. The Hall–Kier alpha value is -1.47. The van der Waals surface area contributed by atoms with Crippen molar-refractivity contribution in [2.75, 3.05) is 11.5 Å². The first kappa shape index (κ1) is 13.0. The van der Waals surface area contributed by atoms with E-state index in [-0.39, 0.29) is 17.3 Å². The molecule has 0 aliphatic carbocycles. The Balaban J connectivity index is 2.16. The monoisotopic (exact) mass is 326 g/mol. The van der Waals surface area contributed by atoms with Crippen molar-refractivity contribution in [1.82, 2.24) is 9.97 Å². The maximum Gasteiger partial charge on any atom is 0.268 e. The number of hydrogen-bond donors (Lipinski definition) is 3. The minimum absolute atomic E-state index is 0.0329. The zero-order valence-corrected chi connectivity index (χ0v) is 11.7. The van der Waals surface area contributed by atoms with Crippen LogP contribution in [0.25, 0.3) is 0 Å². The van der Waals surface area contributed by atoms with E-state index in [9.17, 15) is 4.79 Å². The Bertz CT molecular complexity index is 611. The average molecular weight is 327 g/mol. The Morgan fingerprint density at radius 1 is 1.28 bits per heavy atom. The van der Waals surface area contributed by atoms with Gasteiger partial charge in [-0.2, -0.15) is 4.98 Å². The first-order valence-electron chi connectivity index (χ1n) is 5.09. The smallest absolute Gasteiger partial charge is 0.268 e. The molecule has 2 rings (SSSR count). The van der Waals surface area contributed by atoms with E-state index in [1.807, 2.05) is 24.3 Å². The van der Waals surface area contributed by atoms with Gasteiger partial charge in [0.05, 0.1) is 0 Å². The number of benzene rings is 1. The molecule has 1 aromatic heterocycles. The number of nitrogens with two attached hydrogens (primary N) is 2. The van der Waals surface area contributed by atoms with Gasteiger partial charge in [0.2, 0.25) is 5.95 Å². The number of aromatic nitrogens is 2. The molecule has 0 atom stereocenters. The van der Waals surface area contributed by atoms with Gasteiger partial charge in [-0.3, -0.25) is 9.78 Å². The third-order valence-electron chi connectivity index (χ3n) is 2.22. The third-order valence-corrected chi connectivity index (χ3v) is 3.91. The van der Waals surface area contributed by atoms with Crippen LogP contribution in [0.15, 0.2) is 38.4 Å². The first-order chi connectivity index (χ1) is 8.56. The van der Waals surface area contributed by atoms with E-state index < -0.39 is 0 Å². The standard InChI is InChI=1S/C11H11BrN4OS/c12-7-3-1-6(2-4-7)5-18-8-9(13)15-11(14)16-10(8)17/h1-4H,5H2,(H5,13,14,15,16,17). The quantitative estimate of drug-likeness (QED) is 0.749. The van der Waals surface area contributed by atoms with E-state index in [2.05, 4.69) is 25.9 Å². The van der Waals surface area contributed by atoms with Gasteiger partial charge in [-0.05, 0) is 17.7 Å². The van der Waals surface area contributed by atoms with Crippen LogP contribution in [-0.4, -0.2) is 9.97 Å². The van der Waals surface area contributed by atoms with Gasteiger partial charge in [-0.1, -0.05) is 28.1 Å². The molecule has 2 aromatic rings. The maximum atomic E-state index is 11.7. The average Bonchev–Trinajstić information content (AvgIpc) is 2.30. The van der Waals surface area contributed by atoms with Crippen molar-refractivity contribution >= 4 is 39.5 Å². The molecule has 0 fully saturated rings. The van der Waals surface area contributed by atoms with Gasteiger partial charge in [-0.25, -0.2) is 0 Å². The second-order valence-corrected chi connectivity index (χ2v) is 5.48. The molecule has 0 saturated heterocycles. The molecule has 18 heavy (non-hydrogen) atoms. The lowest BCUT2D eigenvalue weighted by molar-refractivity contribution is 1.07. The molecule has 0 saturated carbocycles. The lowest BCUT2D eigenvalue weighted by Gasteiger charge is -2.04. The number of nitrogens with zero attached hydrogens (tertiary/aromatic N) is 1. The molecule has 94 valence electrons. The Morgan fingerprint density at radius 3 is 2.56 bits per heavy atom. The SMILES string of the molecule is Nc1nc(N)c(SCc2ccc(Br)cc2)c(=O)[nH]1. The van der Waals surface area contributed by atoms with Crippen LogP contribution in [-0.2, 0) is 5.75 Å². The largest absolute Gasteiger partial charge is 0.382 e. The van der Waals surface area contributed by atoms with Crippen molar-refractivity contribution in [3.05, 3.63) is 44.7 Å². The fourth-order valence-corrected chi connectivity index (χ4v) is 2.52. The molecule has 7 heteroatoms. The third kappa shape index (κ3) is 3.05. The Morgan fingerprint density at radius 2 is 1.94 bits per heavy atom. The lowest BCUT2D eigenvalue weighted by atomic mass is 10.2. The molecular weight excluding hydrogens is 316 g/mol. The summed E-state index contributed by atoms with van der Waals surface area (Å²) >= 11 is 4.71. The van der Waals surface area contributed by atoms with Crippen LogP contribution >= 0.6 is 27.7 Å². The Kier molecular flexibility index (Phi) is 3.93. The van der Waals surface area contributed by atoms with Gasteiger partial charge in [-0.15, -0.1) is 11.8 Å². The van der Waals surface area contributed by atoms with E-state index in [4.69, 9.17) is 11.5 Å². The molecule has 0 bridgehead atoms. The summed E-state index contributed by atoms with van der Waals surface area (Å²) in [5.41, 5.74) is 11.9. The molecule has 1 aromatic carbocycles. The molecule has 0 aliphatic rings. The van der Waals surface area contributed by atoms with Gasteiger partial charge in [0.1, 0.15) is 10.7 Å². The predicted molar refractivity (Wildman–Crippen MR) is 77.4 cm³/mol. The normalized spacial score (nSPS) is 10.5. The maximum absolute atomic E-state index is 11.7. The van der Waals surface area contributed by atoms with Crippen molar-refractivity contribution in [1.29, 1.82) is 0 Å². The summed E-state index contributed by atoms with van der Waals surface area (Å²) in [6, 6.07) is 7.85. The summed E-state index contributed by atoms with van der Waals surface area (Å²) in [5, 5.41) is 0. The van der Waals surface area contributed by atoms with Crippen molar-refractivity contribution < 1.29 is 0 Å². The van der Waals surface area contributed by atoms with Crippen LogP contribution < -0.4 is 17.0 Å². The summed E-state index contributed by atoms with van der Waals surface area (Å²) < 4.78 is 1.02. The number of aromatic amines is 1. The number of halogens is 1. The van der Waals surface area contributed by atoms with Crippen LogP contribution in [0.1, 0.15) is 5.56 Å². The van der Waals surface area contributed by atoms with E-state index in [1.54, 1.807) is 0 Å². The zero-order chi connectivity index (χ0) is 13.1. The molecular formula is C11H11BrN4OS. The minimum atomic E-state index is -0.304. The van der Waals surface area contributed by atoms with Crippen LogP contribution in [0, 0.1) is 0 Å². The fraction of sp³-hybridized carbons (Fsp3) is 0.0909. The molecule has 5 nitrogen and oxygen atoms in total. The van der Waals surface area contributed by atoms with Gasteiger partial charge < -0.3 is 11.5 Å². The van der Waals surface area contributed by atoms with Crippen molar-refractivity contribution in [3.63, 3.8) is 0 Å². The summed E-state index contributed by atoms with van der Waals surface area (Å²) in [6.45, 7) is 0. The molecule has 0 spiro atoms. The summed E-state index contributed by atoms with van der Waals surface area (Å²) in [6.07, 6.45) is 0. The number of thioether (sulfide) groups is 1. The van der Waals surface area contributed by atoms with Crippen molar-refractivity contribution in [2.45, 2.75) is 10.6 Å². The van der Waals surface area contributed by atoms with Gasteiger partial charge >= 0.3 is 0 Å². The number of hydrogen-bond acceptors (Lipinski definition) is 5. The van der Waals surface area contributed by atoms with Crippen LogP contribution in [0.5, 0.6) is 0 Å². The van der Waals surface area contributed by atoms with E-state index in [1.165, 1.54) is 11.8 Å². The lowest BCUT2D eigenvalue weighted by Crippen LogP contribution is -2.15. The molecule has 0 radical (unpaired) electrons. The topological polar surface area (TPSA) is 97.8 Å². The number of nitrogen functional groups attached to an aromatic ring is 2. The molecule has 1 heterocycles. The highest BCUT2D eigenvalue weighted by molar-refractivity contribution is 9.10. The fourth-order valence-electron chi connectivity index (χ4n) is 1.37. The highest BCUT2D eigenvalue weighted by atomic mass is 79.9. The predicted octanol–water partition coefficient (Wildman–Crippen LogP) is 1.99. The first-order valence-corrected chi connectivity index (χ1v) is 6.86. The van der Waals surface area contributed by atoms with Crippen molar-refractivity contribution in [2.24, 2.45) is 0 Å². The Labute approximate surface area is 116 Å². The second kappa shape index (κ2) is 5.45. The summed E-state index contributed by atoms with van der Waals surface area (Å²) in [7, 11) is 0. The zero-order valence-electron chi connectivity index (χ0n) is 9.31. The van der Waals surface area contributed by atoms with Crippen LogP contribution in [0.2, 0.25) is 0 Å². The highest BCUT2D eigenvalue weighted by Crippen LogP contribution is 2.24. The van der Waals surface area contributed by atoms with Gasteiger partial charge in [0.25, 0.3) is 5.56 Å². The summed E-state index contributed by atoms with van der Waals surface area (Å²) in [4.78, 5) is 18.3. The van der Waals surface area contributed by atoms with Crippen molar-refractivity contribution in [3.8, 4) is 0 Å². The number of H-pyrrole nitrogens is 1. The van der Waals surface area contributed by atoms with E-state index in [0.717, 1.165) is 10.0 Å². The van der Waals surface area contributed by atoms with E-state index in [0.29, 0.717) is 10.6 Å². The van der Waals surface area contributed by atoms with Gasteiger partial charge in [0.15, 0.2) is 0 Å². The van der Waals surface area contributed by atoms with Crippen LogP contribution in [0.3, 0.4) is 0 Å². The van der Waals surface area contributed by atoms with E-state index >= 15 is 0 Å². The second-order valence-electron chi connectivity index (χ2n) is 3.58. The molecule has 0 unspecified atom stereocenters. The number of rotatable bonds is 3. The van der Waals surface area contributed by atoms with Gasteiger partial charge in [0, 0.05) is 10.2 Å². The summed E-state index contributed by atoms with van der Waals surface area (Å²) in [5.74, 6) is 0.843. The highest BCUT2D eigenvalue weighted by Gasteiger charge is 2.08. The molecule has 0 amide bonds. The molecule has 0 aliphatic heterocycles. The number of anilines is 2. The van der Waals surface area contributed by atoms with Crippen LogP contribution in [0.4, 0.5) is 11.8 Å². The molecule has 5 N–H and O–H groups in total.